The number of benzene rings is 2. The summed E-state index contributed by atoms with van der Waals surface area (Å²) in [4.78, 5) is 0. The zero-order valence-electron chi connectivity index (χ0n) is 9.14. The van der Waals surface area contributed by atoms with Gasteiger partial charge in [-0.15, -0.1) is 0 Å². The van der Waals surface area contributed by atoms with Gasteiger partial charge in [-0.3, -0.25) is 0 Å². The molecular formula is C14H12Al2. The Hall–Kier alpha value is -0.625. The van der Waals surface area contributed by atoms with Crippen molar-refractivity contribution in [2.45, 2.75) is 5.28 Å². The van der Waals surface area contributed by atoms with E-state index in [1.54, 1.807) is 4.38 Å². The molecule has 74 valence electrons. The molecule has 0 amide bonds. The van der Waals surface area contributed by atoms with Gasteiger partial charge in [0.25, 0.3) is 0 Å². The summed E-state index contributed by atoms with van der Waals surface area (Å²) in [6, 6.07) is 21.5. The Balaban J connectivity index is 2.34. The second kappa shape index (κ2) is 6.19. The first-order valence-corrected chi connectivity index (χ1v) is 7.38. The van der Waals surface area contributed by atoms with Gasteiger partial charge in [0.05, 0.1) is 0 Å². The van der Waals surface area contributed by atoms with Gasteiger partial charge < -0.3 is 0 Å². The van der Waals surface area contributed by atoms with Gasteiger partial charge in [0.2, 0.25) is 0 Å². The van der Waals surface area contributed by atoms with Crippen LogP contribution in [0.5, 0.6) is 0 Å². The fourth-order valence-corrected chi connectivity index (χ4v) is 3.55. The minimum atomic E-state index is 0.234. The van der Waals surface area contributed by atoms with E-state index in [9.17, 15) is 0 Å². The molecule has 0 heterocycles. The summed E-state index contributed by atoms with van der Waals surface area (Å²) < 4.78 is 3.01. The average molecular weight is 234 g/mol. The summed E-state index contributed by atoms with van der Waals surface area (Å²) >= 11 is 3.08. The number of hydrogen-bond acceptors (Lipinski definition) is 0. The van der Waals surface area contributed by atoms with Crippen LogP contribution in [-0.4, -0.2) is 35.5 Å². The van der Waals surface area contributed by atoms with E-state index in [1.165, 1.54) is 9.99 Å². The molecule has 0 saturated heterocycles. The predicted octanol–water partition coefficient (Wildman–Crippen LogP) is 1.82. The van der Waals surface area contributed by atoms with Crippen LogP contribution in [0.15, 0.2) is 60.7 Å². The van der Waals surface area contributed by atoms with Crippen molar-refractivity contribution >= 4 is 39.9 Å². The quantitative estimate of drug-likeness (QED) is 0.711. The van der Waals surface area contributed by atoms with Gasteiger partial charge in [0.1, 0.15) is 0 Å². The zero-order valence-corrected chi connectivity index (χ0v) is 11.4. The van der Waals surface area contributed by atoms with Crippen molar-refractivity contribution < 1.29 is 0 Å². The van der Waals surface area contributed by atoms with E-state index in [-0.39, 0.29) is 14.8 Å². The van der Waals surface area contributed by atoms with Crippen LogP contribution in [0.3, 0.4) is 0 Å². The van der Waals surface area contributed by atoms with Crippen molar-refractivity contribution in [3.05, 3.63) is 66.2 Å². The normalized spacial score (nSPS) is 10.9. The van der Waals surface area contributed by atoms with Crippen LogP contribution >= 0.6 is 0 Å². The SMILES string of the molecule is [Al][CH2][C](=[Al][c]1ccccc1)c1ccccc1. The Morgan fingerprint density at radius 3 is 2.00 bits per heavy atom. The predicted molar refractivity (Wildman–Crippen MR) is 72.9 cm³/mol. The maximum absolute atomic E-state index is 2.85. The van der Waals surface area contributed by atoms with Crippen LogP contribution in [0.1, 0.15) is 5.56 Å². The molecule has 0 aliphatic carbocycles. The Morgan fingerprint density at radius 2 is 1.44 bits per heavy atom. The Labute approximate surface area is 111 Å². The molecule has 0 fully saturated rings. The summed E-state index contributed by atoms with van der Waals surface area (Å²) in [5.74, 6) is 0. The Bertz CT molecular complexity index is 461. The fraction of sp³-hybridized carbons (Fsp3) is 0.0714. The molecule has 0 nitrogen and oxygen atoms in total. The first-order chi connectivity index (χ1) is 7.90. The van der Waals surface area contributed by atoms with E-state index in [4.69, 9.17) is 0 Å². The van der Waals surface area contributed by atoms with Crippen molar-refractivity contribution in [1.82, 2.24) is 0 Å². The third-order valence-corrected chi connectivity index (χ3v) is 5.05. The van der Waals surface area contributed by atoms with Crippen molar-refractivity contribution in [3.8, 4) is 0 Å². The van der Waals surface area contributed by atoms with Crippen LogP contribution < -0.4 is 4.43 Å². The Morgan fingerprint density at radius 1 is 0.875 bits per heavy atom. The summed E-state index contributed by atoms with van der Waals surface area (Å²) in [6.07, 6.45) is 0. The molecule has 2 aromatic carbocycles. The van der Waals surface area contributed by atoms with Gasteiger partial charge in [-0.2, -0.15) is 0 Å². The molecule has 0 aliphatic rings. The third-order valence-electron chi connectivity index (χ3n) is 2.50. The van der Waals surface area contributed by atoms with Crippen molar-refractivity contribution in [1.29, 1.82) is 0 Å². The average Bonchev–Trinajstić information content (AvgIpc) is 2.38. The molecule has 0 aliphatic heterocycles. The summed E-state index contributed by atoms with van der Waals surface area (Å²) in [7, 11) is 0. The van der Waals surface area contributed by atoms with Crippen molar-refractivity contribution in [3.63, 3.8) is 0 Å². The van der Waals surface area contributed by atoms with E-state index in [0.29, 0.717) is 0 Å². The standard InChI is InChI=1S/C8H7.C6H5.2Al/c1-2-8-6-4-3-5-7-8;1-2-4-6-5-3-1;;/h3-7H,1H2;1-5H;;. The van der Waals surface area contributed by atoms with Crippen molar-refractivity contribution in [2.75, 3.05) is 0 Å². The van der Waals surface area contributed by atoms with Crippen LogP contribution in [0, 0.1) is 0 Å². The van der Waals surface area contributed by atoms with Gasteiger partial charge in [0.15, 0.2) is 0 Å². The molecular weight excluding hydrogens is 222 g/mol. The molecule has 0 bridgehead atoms. The summed E-state index contributed by atoms with van der Waals surface area (Å²) in [5.41, 5.74) is 1.39. The van der Waals surface area contributed by atoms with E-state index < -0.39 is 0 Å². The second-order valence-electron chi connectivity index (χ2n) is 3.65. The molecule has 16 heavy (non-hydrogen) atoms. The molecule has 2 rings (SSSR count). The van der Waals surface area contributed by atoms with Gasteiger partial charge >= 0.3 is 111 Å². The molecule has 2 aromatic rings. The first-order valence-electron chi connectivity index (χ1n) is 5.41. The molecule has 0 unspecified atom stereocenters. The van der Waals surface area contributed by atoms with Crippen LogP contribution in [0.4, 0.5) is 0 Å². The van der Waals surface area contributed by atoms with E-state index >= 15 is 0 Å². The second-order valence-corrected chi connectivity index (χ2v) is 5.71. The van der Waals surface area contributed by atoms with E-state index in [2.05, 4.69) is 77.0 Å². The monoisotopic (exact) mass is 234 g/mol. The zero-order chi connectivity index (χ0) is 11.2. The molecule has 2 radical (unpaired) electrons. The topological polar surface area (TPSA) is 0 Å². The molecule has 0 spiro atoms. The van der Waals surface area contributed by atoms with Gasteiger partial charge in [-0.25, -0.2) is 0 Å². The molecule has 2 heteroatoms. The van der Waals surface area contributed by atoms with E-state index in [1.807, 2.05) is 0 Å². The van der Waals surface area contributed by atoms with Gasteiger partial charge in [-0.05, 0) is 0 Å². The molecule has 0 N–H and O–H groups in total. The molecule has 0 atom stereocenters. The third kappa shape index (κ3) is 3.18. The fourth-order valence-electron chi connectivity index (χ4n) is 1.66. The van der Waals surface area contributed by atoms with Crippen LogP contribution in [-0.2, 0) is 0 Å². The Kier molecular flexibility index (Phi) is 4.59. The molecule has 0 aromatic heterocycles. The maximum atomic E-state index is 2.85. The van der Waals surface area contributed by atoms with E-state index in [0.717, 1.165) is 5.28 Å². The van der Waals surface area contributed by atoms with Crippen LogP contribution in [0.2, 0.25) is 5.28 Å². The van der Waals surface area contributed by atoms with Crippen LogP contribution in [0.25, 0.3) is 0 Å². The number of hydrogen-bond donors (Lipinski definition) is 0. The number of rotatable bonds is 3. The van der Waals surface area contributed by atoms with Gasteiger partial charge in [-0.1, -0.05) is 0 Å². The summed E-state index contributed by atoms with van der Waals surface area (Å²) in [6.45, 7) is 0. The summed E-state index contributed by atoms with van der Waals surface area (Å²) in [5, 5.41) is 1.06. The molecule has 0 saturated carbocycles. The van der Waals surface area contributed by atoms with Gasteiger partial charge in [0, 0.05) is 0 Å². The minimum absolute atomic E-state index is 0.234. The van der Waals surface area contributed by atoms with Crippen molar-refractivity contribution in [2.24, 2.45) is 0 Å². The first kappa shape index (κ1) is 11.8.